The summed E-state index contributed by atoms with van der Waals surface area (Å²) in [5.74, 6) is 1.41. The number of nitrogens with zero attached hydrogens (tertiary/aromatic N) is 1. The Balaban J connectivity index is 1.26. The third-order valence-corrected chi connectivity index (χ3v) is 6.30. The van der Waals surface area contributed by atoms with Crippen LogP contribution in [0.2, 0.25) is 0 Å². The summed E-state index contributed by atoms with van der Waals surface area (Å²) in [5.41, 5.74) is 3.86. The monoisotopic (exact) mass is 521 g/mol. The number of nitriles is 1. The highest BCUT2D eigenvalue weighted by atomic mass is 32.1. The molecule has 0 saturated heterocycles. The van der Waals surface area contributed by atoms with Gasteiger partial charge in [-0.2, -0.15) is 5.26 Å². The first-order valence-electron chi connectivity index (χ1n) is 12.1. The fourth-order valence-corrected chi connectivity index (χ4v) is 4.56. The minimum absolute atomic E-state index is 0.364. The second-order valence-electron chi connectivity index (χ2n) is 9.49. The average molecular weight is 522 g/mol. The van der Waals surface area contributed by atoms with Crippen LogP contribution in [0.5, 0.6) is 16.6 Å². The largest absolute Gasteiger partial charge is 0.486 e. The van der Waals surface area contributed by atoms with E-state index in [4.69, 9.17) is 18.9 Å². The lowest BCUT2D eigenvalue weighted by Gasteiger charge is -2.19. The molecule has 2 N–H and O–H groups in total. The number of nitrogens with one attached hydrogen (secondary N) is 2. The van der Waals surface area contributed by atoms with Gasteiger partial charge in [-0.25, -0.2) is 4.79 Å². The number of thiophene rings is 1. The Hall–Kier alpha value is -3.74. The lowest BCUT2D eigenvalue weighted by Crippen LogP contribution is -2.36. The van der Waals surface area contributed by atoms with Crippen molar-refractivity contribution in [2.24, 2.45) is 0 Å². The van der Waals surface area contributed by atoms with Crippen LogP contribution in [-0.2, 0) is 17.9 Å². The van der Waals surface area contributed by atoms with Gasteiger partial charge in [0.2, 0.25) is 0 Å². The molecular weight excluding hydrogens is 490 g/mol. The summed E-state index contributed by atoms with van der Waals surface area (Å²) >= 11 is 1.41. The minimum Gasteiger partial charge on any atom is -0.486 e. The number of carbonyl (C=O) groups excluding carboxylic acids is 1. The molecule has 37 heavy (non-hydrogen) atoms. The van der Waals surface area contributed by atoms with Crippen molar-refractivity contribution in [3.8, 4) is 33.8 Å². The van der Waals surface area contributed by atoms with Gasteiger partial charge in [0.05, 0.1) is 0 Å². The standard InChI is InChI=1S/C28H31N3O5S/c1-28(2,3)36-27(32)31-11-10-30-16-19-4-6-20(7-5-19)17-35-26-22(15-29)23(18-37-26)21-8-9-24-25(14-21)34-13-12-33-24/h4-9,14,18,30H,10-13,16-17H2,1-3H3,(H,31,32). The summed E-state index contributed by atoms with van der Waals surface area (Å²) in [5, 5.41) is 18.4. The van der Waals surface area contributed by atoms with Gasteiger partial charge in [-0.05, 0) is 49.6 Å². The van der Waals surface area contributed by atoms with Crippen LogP contribution in [0.15, 0.2) is 47.8 Å². The second kappa shape index (κ2) is 12.0. The van der Waals surface area contributed by atoms with E-state index in [0.717, 1.165) is 28.0 Å². The topological polar surface area (TPSA) is 102 Å². The van der Waals surface area contributed by atoms with Crippen LogP contribution in [0, 0.1) is 11.3 Å². The summed E-state index contributed by atoms with van der Waals surface area (Å²) in [6.07, 6.45) is -0.414. The molecule has 0 aliphatic carbocycles. The summed E-state index contributed by atoms with van der Waals surface area (Å²) in [6.45, 7) is 8.72. The number of fused-ring (bicyclic) bond motifs is 1. The average Bonchev–Trinajstić information content (AvgIpc) is 3.29. The number of ether oxygens (including phenoxy) is 4. The summed E-state index contributed by atoms with van der Waals surface area (Å²) in [7, 11) is 0. The highest BCUT2D eigenvalue weighted by Gasteiger charge is 2.18. The zero-order valence-corrected chi connectivity index (χ0v) is 22.1. The first kappa shape index (κ1) is 26.3. The van der Waals surface area contributed by atoms with Gasteiger partial charge in [-0.1, -0.05) is 30.3 Å². The lowest BCUT2D eigenvalue weighted by molar-refractivity contribution is 0.0528. The van der Waals surface area contributed by atoms with Crippen molar-refractivity contribution in [1.29, 1.82) is 5.26 Å². The maximum absolute atomic E-state index is 11.7. The fourth-order valence-electron chi connectivity index (χ4n) is 3.68. The van der Waals surface area contributed by atoms with Gasteiger partial charge in [-0.15, -0.1) is 11.3 Å². The van der Waals surface area contributed by atoms with Gasteiger partial charge < -0.3 is 29.6 Å². The molecule has 1 aliphatic heterocycles. The molecule has 0 saturated carbocycles. The van der Waals surface area contributed by atoms with E-state index < -0.39 is 11.7 Å². The number of amides is 1. The molecule has 2 heterocycles. The fraction of sp³-hybridized carbons (Fsp3) is 0.357. The Morgan fingerprint density at radius 2 is 1.78 bits per heavy atom. The summed E-state index contributed by atoms with van der Waals surface area (Å²) in [6, 6.07) is 16.1. The number of hydrogen-bond donors (Lipinski definition) is 2. The molecular formula is C28H31N3O5S. The number of carbonyl (C=O) groups is 1. The highest BCUT2D eigenvalue weighted by Crippen LogP contribution is 2.40. The molecule has 1 aliphatic rings. The predicted molar refractivity (Wildman–Crippen MR) is 142 cm³/mol. The van der Waals surface area contributed by atoms with Crippen molar-refractivity contribution in [3.63, 3.8) is 0 Å². The second-order valence-corrected chi connectivity index (χ2v) is 10.3. The van der Waals surface area contributed by atoms with Crippen molar-refractivity contribution in [1.82, 2.24) is 10.6 Å². The van der Waals surface area contributed by atoms with Crippen molar-refractivity contribution in [2.45, 2.75) is 39.5 Å². The van der Waals surface area contributed by atoms with E-state index >= 15 is 0 Å². The molecule has 1 amide bonds. The van der Waals surface area contributed by atoms with E-state index in [1.807, 2.05) is 68.6 Å². The Labute approximate surface area is 221 Å². The molecule has 0 bridgehead atoms. The zero-order valence-electron chi connectivity index (χ0n) is 21.3. The molecule has 8 nitrogen and oxygen atoms in total. The zero-order chi connectivity index (χ0) is 26.3. The summed E-state index contributed by atoms with van der Waals surface area (Å²) in [4.78, 5) is 11.7. The molecule has 0 unspecified atom stereocenters. The highest BCUT2D eigenvalue weighted by molar-refractivity contribution is 7.12. The maximum atomic E-state index is 11.7. The molecule has 0 atom stereocenters. The van der Waals surface area contributed by atoms with Crippen LogP contribution in [0.25, 0.3) is 11.1 Å². The predicted octanol–water partition coefficient (Wildman–Crippen LogP) is 5.25. The van der Waals surface area contributed by atoms with Gasteiger partial charge >= 0.3 is 6.09 Å². The number of benzene rings is 2. The van der Waals surface area contributed by atoms with Crippen molar-refractivity contribution in [3.05, 3.63) is 64.5 Å². The van der Waals surface area contributed by atoms with Crippen LogP contribution in [0.4, 0.5) is 4.79 Å². The van der Waals surface area contributed by atoms with Crippen LogP contribution >= 0.6 is 11.3 Å². The van der Waals surface area contributed by atoms with Crippen molar-refractivity contribution < 1.29 is 23.7 Å². The van der Waals surface area contributed by atoms with Crippen molar-refractivity contribution in [2.75, 3.05) is 26.3 Å². The van der Waals surface area contributed by atoms with Crippen LogP contribution in [0.1, 0.15) is 37.5 Å². The number of rotatable bonds is 9. The maximum Gasteiger partial charge on any atom is 0.407 e. The molecule has 0 fully saturated rings. The van der Waals surface area contributed by atoms with E-state index in [-0.39, 0.29) is 0 Å². The van der Waals surface area contributed by atoms with Gasteiger partial charge in [0.25, 0.3) is 0 Å². The van der Waals surface area contributed by atoms with Gasteiger partial charge in [0.15, 0.2) is 16.6 Å². The van der Waals surface area contributed by atoms with Crippen LogP contribution in [0.3, 0.4) is 0 Å². The molecule has 0 spiro atoms. The van der Waals surface area contributed by atoms with Crippen molar-refractivity contribution >= 4 is 17.4 Å². The molecule has 0 radical (unpaired) electrons. The number of alkyl carbamates (subject to hydrolysis) is 1. The Bertz CT molecular complexity index is 1260. The molecule has 3 aromatic rings. The lowest BCUT2D eigenvalue weighted by atomic mass is 10.0. The normalized spacial score (nSPS) is 12.5. The third-order valence-electron chi connectivity index (χ3n) is 5.41. The smallest absolute Gasteiger partial charge is 0.407 e. The molecule has 2 aromatic carbocycles. The van der Waals surface area contributed by atoms with E-state index in [2.05, 4.69) is 16.7 Å². The third kappa shape index (κ3) is 7.38. The van der Waals surface area contributed by atoms with E-state index in [1.165, 1.54) is 11.3 Å². The first-order chi connectivity index (χ1) is 17.8. The van der Waals surface area contributed by atoms with Gasteiger partial charge in [-0.3, -0.25) is 0 Å². The SMILES string of the molecule is CC(C)(C)OC(=O)NCCNCc1ccc(COc2scc(-c3ccc4c(c3)OCCO4)c2C#N)cc1. The molecule has 1 aromatic heterocycles. The Morgan fingerprint density at radius 1 is 1.05 bits per heavy atom. The van der Waals surface area contributed by atoms with Crippen LogP contribution < -0.4 is 24.8 Å². The Morgan fingerprint density at radius 3 is 2.51 bits per heavy atom. The summed E-state index contributed by atoms with van der Waals surface area (Å²) < 4.78 is 22.5. The van der Waals surface area contributed by atoms with Crippen LogP contribution in [-0.4, -0.2) is 38.0 Å². The van der Waals surface area contributed by atoms with E-state index in [9.17, 15) is 10.1 Å². The van der Waals surface area contributed by atoms with Gasteiger partial charge in [0.1, 0.15) is 37.1 Å². The van der Waals surface area contributed by atoms with E-state index in [1.54, 1.807) is 0 Å². The molecule has 9 heteroatoms. The number of hydrogen-bond acceptors (Lipinski definition) is 8. The first-order valence-corrected chi connectivity index (χ1v) is 13.0. The quantitative estimate of drug-likeness (QED) is 0.371. The molecule has 194 valence electrons. The minimum atomic E-state index is -0.502. The Kier molecular flexibility index (Phi) is 8.54. The molecule has 4 rings (SSSR count). The van der Waals surface area contributed by atoms with Gasteiger partial charge in [0, 0.05) is 30.6 Å². The van der Waals surface area contributed by atoms with E-state index in [0.29, 0.717) is 55.8 Å².